The van der Waals surface area contributed by atoms with Gasteiger partial charge in [-0.3, -0.25) is 10.1 Å². The van der Waals surface area contributed by atoms with Crippen LogP contribution >= 0.6 is 0 Å². The van der Waals surface area contributed by atoms with Crippen molar-refractivity contribution in [1.82, 2.24) is 5.32 Å². The lowest BCUT2D eigenvalue weighted by molar-refractivity contribution is -0.432. The molecule has 3 rings (SSSR count). The molecule has 0 amide bonds. The first-order valence-electron chi connectivity index (χ1n) is 7.16. The van der Waals surface area contributed by atoms with E-state index in [4.69, 9.17) is 4.74 Å². The zero-order valence-corrected chi connectivity index (χ0v) is 12.7. The maximum Gasteiger partial charge on any atom is 0.317 e. The number of phenolic OH excluding ortho intramolecular Hbond substituents is 1. The van der Waals surface area contributed by atoms with Gasteiger partial charge in [0.15, 0.2) is 0 Å². The molecule has 0 fully saturated rings. The van der Waals surface area contributed by atoms with E-state index in [0.717, 1.165) is 0 Å². The van der Waals surface area contributed by atoms with Crippen LogP contribution in [0.15, 0.2) is 54.0 Å². The number of ether oxygens (including phenoxy) is 1. The van der Waals surface area contributed by atoms with Crippen molar-refractivity contribution >= 4 is 0 Å². The number of fused-ring (bicyclic) bond motifs is 1. The smallest absolute Gasteiger partial charge is 0.317 e. The van der Waals surface area contributed by atoms with E-state index in [9.17, 15) is 15.2 Å². The van der Waals surface area contributed by atoms with Gasteiger partial charge in [0, 0.05) is 18.2 Å². The lowest BCUT2D eigenvalue weighted by Crippen LogP contribution is -2.27. The van der Waals surface area contributed by atoms with Gasteiger partial charge < -0.3 is 15.2 Å². The minimum atomic E-state index is -0.711. The number of aromatic hydroxyl groups is 1. The van der Waals surface area contributed by atoms with E-state index in [-0.39, 0.29) is 17.3 Å². The van der Waals surface area contributed by atoms with Crippen LogP contribution in [0.4, 0.5) is 0 Å². The van der Waals surface area contributed by atoms with Crippen LogP contribution < -0.4 is 10.1 Å². The Morgan fingerprint density at radius 3 is 2.57 bits per heavy atom. The zero-order valence-electron chi connectivity index (χ0n) is 12.7. The highest BCUT2D eigenvalue weighted by molar-refractivity contribution is 5.55. The van der Waals surface area contributed by atoms with Crippen LogP contribution in [-0.2, 0) is 0 Å². The SMILES string of the molecule is CNC1=C([N+](=O)[O-])C(c2cccc(C)c2O)c2ccccc2O1. The predicted octanol–water partition coefficient (Wildman–Crippen LogP) is 2.89. The van der Waals surface area contributed by atoms with Crippen molar-refractivity contribution in [3.8, 4) is 11.5 Å². The standard InChI is InChI=1S/C17H16N2O4/c1-10-6-5-8-12(16(10)20)14-11-7-3-4-9-13(11)23-17(18-2)15(14)19(21)22/h3-9,14,18,20H,1-2H3. The number of rotatable bonds is 3. The van der Waals surface area contributed by atoms with Gasteiger partial charge in [0.1, 0.15) is 17.4 Å². The molecule has 6 nitrogen and oxygen atoms in total. The van der Waals surface area contributed by atoms with E-state index in [0.29, 0.717) is 22.4 Å². The molecule has 1 atom stereocenters. The number of aryl methyl sites for hydroxylation is 1. The Labute approximate surface area is 133 Å². The molecule has 0 radical (unpaired) electrons. The summed E-state index contributed by atoms with van der Waals surface area (Å²) in [4.78, 5) is 11.2. The molecule has 1 aliphatic heterocycles. The fraction of sp³-hybridized carbons (Fsp3) is 0.176. The van der Waals surface area contributed by atoms with E-state index in [1.807, 2.05) is 0 Å². The highest BCUT2D eigenvalue weighted by atomic mass is 16.6. The maximum atomic E-state index is 11.7. The van der Waals surface area contributed by atoms with E-state index in [1.54, 1.807) is 56.4 Å². The Hall–Kier alpha value is -3.02. The Balaban J connectivity index is 2.31. The van der Waals surface area contributed by atoms with Crippen molar-refractivity contribution in [2.45, 2.75) is 12.8 Å². The summed E-state index contributed by atoms with van der Waals surface area (Å²) in [6.45, 7) is 1.76. The van der Waals surface area contributed by atoms with Crippen LogP contribution in [0.5, 0.6) is 11.5 Å². The lowest BCUT2D eigenvalue weighted by atomic mass is 9.85. The highest BCUT2D eigenvalue weighted by Crippen LogP contribution is 2.45. The summed E-state index contributed by atoms with van der Waals surface area (Å²) in [6, 6.07) is 12.4. The highest BCUT2D eigenvalue weighted by Gasteiger charge is 2.40. The van der Waals surface area contributed by atoms with Crippen molar-refractivity contribution in [2.75, 3.05) is 7.05 Å². The molecule has 1 aliphatic rings. The minimum absolute atomic E-state index is 0.0593. The number of allylic oxidation sites excluding steroid dienone is 1. The van der Waals surface area contributed by atoms with Gasteiger partial charge in [0.2, 0.25) is 0 Å². The third-order valence-corrected chi connectivity index (χ3v) is 3.95. The molecular weight excluding hydrogens is 296 g/mol. The summed E-state index contributed by atoms with van der Waals surface area (Å²) in [5, 5.41) is 24.8. The van der Waals surface area contributed by atoms with Gasteiger partial charge in [-0.1, -0.05) is 36.4 Å². The molecule has 2 N–H and O–H groups in total. The Morgan fingerprint density at radius 1 is 1.17 bits per heavy atom. The van der Waals surface area contributed by atoms with Gasteiger partial charge in [0.25, 0.3) is 5.88 Å². The Kier molecular flexibility index (Phi) is 3.65. The van der Waals surface area contributed by atoms with Gasteiger partial charge in [-0.15, -0.1) is 0 Å². The molecule has 0 spiro atoms. The van der Waals surface area contributed by atoms with Crippen molar-refractivity contribution in [1.29, 1.82) is 0 Å². The number of phenols is 1. The summed E-state index contributed by atoms with van der Waals surface area (Å²) in [7, 11) is 1.57. The molecule has 118 valence electrons. The fourth-order valence-corrected chi connectivity index (χ4v) is 2.85. The molecule has 2 aromatic rings. The Morgan fingerprint density at radius 2 is 1.87 bits per heavy atom. The second-order valence-corrected chi connectivity index (χ2v) is 5.31. The average Bonchev–Trinajstić information content (AvgIpc) is 2.55. The molecule has 1 unspecified atom stereocenters. The number of benzene rings is 2. The van der Waals surface area contributed by atoms with E-state index < -0.39 is 10.8 Å². The first kappa shape index (κ1) is 14.9. The van der Waals surface area contributed by atoms with E-state index in [2.05, 4.69) is 5.32 Å². The van der Waals surface area contributed by atoms with E-state index >= 15 is 0 Å². The minimum Gasteiger partial charge on any atom is -0.507 e. The van der Waals surface area contributed by atoms with Crippen molar-refractivity contribution in [3.05, 3.63) is 80.8 Å². The molecule has 0 aliphatic carbocycles. The van der Waals surface area contributed by atoms with Crippen molar-refractivity contribution in [2.24, 2.45) is 0 Å². The summed E-state index contributed by atoms with van der Waals surface area (Å²) in [5.74, 6) is -0.0331. The number of hydrogen-bond acceptors (Lipinski definition) is 5. The van der Waals surface area contributed by atoms with Crippen molar-refractivity contribution in [3.63, 3.8) is 0 Å². The summed E-state index contributed by atoms with van der Waals surface area (Å²) < 4.78 is 5.62. The summed E-state index contributed by atoms with van der Waals surface area (Å²) >= 11 is 0. The molecule has 0 saturated carbocycles. The largest absolute Gasteiger partial charge is 0.507 e. The normalized spacial score (nSPS) is 16.5. The average molecular weight is 312 g/mol. The van der Waals surface area contributed by atoms with Gasteiger partial charge >= 0.3 is 5.70 Å². The topological polar surface area (TPSA) is 84.6 Å². The fourth-order valence-electron chi connectivity index (χ4n) is 2.85. The molecule has 2 aromatic carbocycles. The van der Waals surface area contributed by atoms with E-state index in [1.165, 1.54) is 0 Å². The molecule has 0 aromatic heterocycles. The van der Waals surface area contributed by atoms with Crippen LogP contribution in [0.25, 0.3) is 0 Å². The third-order valence-electron chi connectivity index (χ3n) is 3.95. The predicted molar refractivity (Wildman–Crippen MR) is 84.8 cm³/mol. The molecule has 1 heterocycles. The van der Waals surface area contributed by atoms with Crippen LogP contribution in [0.3, 0.4) is 0 Å². The molecule has 0 saturated heterocycles. The first-order valence-corrected chi connectivity index (χ1v) is 7.16. The van der Waals surface area contributed by atoms with Crippen LogP contribution in [0.1, 0.15) is 22.6 Å². The second kappa shape index (κ2) is 5.64. The van der Waals surface area contributed by atoms with Gasteiger partial charge in [-0.05, 0) is 18.6 Å². The number of nitro groups is 1. The van der Waals surface area contributed by atoms with Gasteiger partial charge in [0.05, 0.1) is 4.92 Å². The maximum absolute atomic E-state index is 11.7. The van der Waals surface area contributed by atoms with Crippen LogP contribution in [-0.4, -0.2) is 17.1 Å². The quantitative estimate of drug-likeness (QED) is 0.672. The molecule has 23 heavy (non-hydrogen) atoms. The van der Waals surface area contributed by atoms with Crippen molar-refractivity contribution < 1.29 is 14.8 Å². The van der Waals surface area contributed by atoms with Gasteiger partial charge in [-0.25, -0.2) is 0 Å². The summed E-state index contributed by atoms with van der Waals surface area (Å²) in [6.07, 6.45) is 0. The molecule has 0 bridgehead atoms. The second-order valence-electron chi connectivity index (χ2n) is 5.31. The molecular formula is C17H16N2O4. The third kappa shape index (κ3) is 2.38. The number of nitrogens with zero attached hydrogens (tertiary/aromatic N) is 1. The zero-order chi connectivity index (χ0) is 16.6. The first-order chi connectivity index (χ1) is 11.0. The molecule has 6 heteroatoms. The lowest BCUT2D eigenvalue weighted by Gasteiger charge is -2.26. The number of para-hydroxylation sites is 2. The number of nitrogens with one attached hydrogen (secondary N) is 1. The van der Waals surface area contributed by atoms with Crippen LogP contribution in [0.2, 0.25) is 0 Å². The number of hydrogen-bond donors (Lipinski definition) is 2. The Bertz CT molecular complexity index is 814. The summed E-state index contributed by atoms with van der Waals surface area (Å²) in [5.41, 5.74) is 1.69. The monoisotopic (exact) mass is 312 g/mol. The van der Waals surface area contributed by atoms with Crippen LogP contribution in [0, 0.1) is 17.0 Å². The van der Waals surface area contributed by atoms with Gasteiger partial charge in [-0.2, -0.15) is 0 Å².